The average Bonchev–Trinajstić information content (AvgIpc) is 2.96. The molecule has 3 rings (SSSR count). The summed E-state index contributed by atoms with van der Waals surface area (Å²) in [5.74, 6) is -2.72. The van der Waals surface area contributed by atoms with Gasteiger partial charge in [0.05, 0.1) is 26.4 Å². The van der Waals surface area contributed by atoms with E-state index in [4.69, 9.17) is 23.7 Å². The fourth-order valence-electron chi connectivity index (χ4n) is 4.53. The van der Waals surface area contributed by atoms with Crippen LogP contribution < -0.4 is 10.6 Å². The quantitative estimate of drug-likeness (QED) is 0.120. The van der Waals surface area contributed by atoms with Crippen molar-refractivity contribution in [3.8, 4) is 0 Å². The number of aliphatic hydroxyl groups is 5. The van der Waals surface area contributed by atoms with Gasteiger partial charge in [-0.15, -0.1) is 0 Å². The summed E-state index contributed by atoms with van der Waals surface area (Å²) >= 11 is 0. The normalized spacial score (nSPS) is 33.1. The van der Waals surface area contributed by atoms with Crippen LogP contribution in [-0.2, 0) is 39.9 Å². The van der Waals surface area contributed by atoms with E-state index in [0.717, 1.165) is 12.5 Å². The number of carbonyl (C=O) groups is 2. The van der Waals surface area contributed by atoms with Crippen molar-refractivity contribution < 1.29 is 72.0 Å². The lowest BCUT2D eigenvalue weighted by molar-refractivity contribution is -0.349. The van der Waals surface area contributed by atoms with Gasteiger partial charge in [-0.25, -0.2) is 0 Å². The van der Waals surface area contributed by atoms with Crippen molar-refractivity contribution in [3.63, 3.8) is 0 Å². The maximum absolute atomic E-state index is 12.4. The first kappa shape index (κ1) is 35.0. The molecule has 244 valence electrons. The Morgan fingerprint density at radius 1 is 0.953 bits per heavy atom. The average molecular weight is 627 g/mol. The monoisotopic (exact) mass is 626 g/mol. The van der Waals surface area contributed by atoms with Gasteiger partial charge in [-0.2, -0.15) is 13.2 Å². The highest BCUT2D eigenvalue weighted by Gasteiger charge is 2.51. The molecular formula is C26H37F3N2O12. The highest BCUT2D eigenvalue weighted by atomic mass is 19.4. The van der Waals surface area contributed by atoms with Crippen molar-refractivity contribution >= 4 is 11.8 Å². The van der Waals surface area contributed by atoms with Crippen LogP contribution in [0.1, 0.15) is 18.9 Å². The highest BCUT2D eigenvalue weighted by Crippen LogP contribution is 2.30. The Morgan fingerprint density at radius 2 is 1.63 bits per heavy atom. The number of ether oxygens (including phenoxy) is 5. The van der Waals surface area contributed by atoms with Crippen molar-refractivity contribution in [2.45, 2.75) is 87.5 Å². The van der Waals surface area contributed by atoms with Crippen LogP contribution in [0.25, 0.3) is 0 Å². The summed E-state index contributed by atoms with van der Waals surface area (Å²) in [6.45, 7) is -0.331. The van der Waals surface area contributed by atoms with E-state index in [1.54, 1.807) is 29.6 Å². The summed E-state index contributed by atoms with van der Waals surface area (Å²) in [4.78, 5) is 23.0. The number of hydrogen-bond donors (Lipinski definition) is 7. The molecule has 0 spiro atoms. The van der Waals surface area contributed by atoms with Crippen molar-refractivity contribution in [3.05, 3.63) is 35.9 Å². The largest absolute Gasteiger partial charge is 0.471 e. The van der Waals surface area contributed by atoms with E-state index in [9.17, 15) is 48.3 Å². The predicted molar refractivity (Wildman–Crippen MR) is 137 cm³/mol. The van der Waals surface area contributed by atoms with E-state index in [1.165, 1.54) is 0 Å². The van der Waals surface area contributed by atoms with Gasteiger partial charge in [-0.3, -0.25) is 9.59 Å². The summed E-state index contributed by atoms with van der Waals surface area (Å²) in [5, 5.41) is 55.7. The third-order valence-corrected chi connectivity index (χ3v) is 6.72. The molecule has 2 fully saturated rings. The van der Waals surface area contributed by atoms with Crippen LogP contribution in [0.5, 0.6) is 0 Å². The second kappa shape index (κ2) is 16.0. The van der Waals surface area contributed by atoms with Gasteiger partial charge in [0.15, 0.2) is 12.6 Å². The second-order valence-electron chi connectivity index (χ2n) is 10.0. The minimum Gasteiger partial charge on any atom is -0.394 e. The highest BCUT2D eigenvalue weighted by molar-refractivity contribution is 5.81. The molecule has 2 saturated heterocycles. The van der Waals surface area contributed by atoms with Crippen molar-refractivity contribution in [1.82, 2.24) is 10.6 Å². The number of aliphatic hydroxyl groups excluding tert-OH is 5. The summed E-state index contributed by atoms with van der Waals surface area (Å²) < 4.78 is 65.8. The summed E-state index contributed by atoms with van der Waals surface area (Å²) in [7, 11) is 0. The van der Waals surface area contributed by atoms with Gasteiger partial charge >= 0.3 is 12.1 Å². The molecule has 2 heterocycles. The fourth-order valence-corrected chi connectivity index (χ4v) is 4.53. The zero-order valence-electron chi connectivity index (χ0n) is 23.1. The molecule has 7 N–H and O–H groups in total. The lowest BCUT2D eigenvalue weighted by Crippen LogP contribution is -2.67. The smallest absolute Gasteiger partial charge is 0.394 e. The number of hydrogen-bond acceptors (Lipinski definition) is 12. The molecule has 17 heteroatoms. The van der Waals surface area contributed by atoms with Gasteiger partial charge in [-0.05, 0) is 12.0 Å². The number of alkyl halides is 3. The SMILES string of the molecule is CC(=O)N[C@H]1[C@H](OCCCNC(=O)C(F)(F)F)O[C@H](COCc2ccccc2)[C@@H](O[C@@H]2O[C@H](CO)[C@H](O)[C@H](O)[C@H]2O)[C@@H]1O. The number of halogens is 3. The summed E-state index contributed by atoms with van der Waals surface area (Å²) in [5.41, 5.74) is 0.801. The van der Waals surface area contributed by atoms with Gasteiger partial charge in [0.1, 0.15) is 48.8 Å². The molecule has 0 aliphatic carbocycles. The first-order chi connectivity index (χ1) is 20.3. The molecule has 14 nitrogen and oxygen atoms in total. The van der Waals surface area contributed by atoms with Gasteiger partial charge in [0, 0.05) is 13.5 Å². The van der Waals surface area contributed by atoms with Crippen LogP contribution in [0.15, 0.2) is 30.3 Å². The minimum atomic E-state index is -5.04. The first-order valence-electron chi connectivity index (χ1n) is 13.5. The van der Waals surface area contributed by atoms with Crippen LogP contribution in [0.4, 0.5) is 13.2 Å². The Morgan fingerprint density at radius 3 is 2.26 bits per heavy atom. The van der Waals surface area contributed by atoms with Crippen molar-refractivity contribution in [1.29, 1.82) is 0 Å². The molecule has 2 aliphatic heterocycles. The summed E-state index contributed by atoms with van der Waals surface area (Å²) in [6, 6.07) is 7.70. The predicted octanol–water partition coefficient (Wildman–Crippen LogP) is -1.94. The van der Waals surface area contributed by atoms with Gasteiger partial charge in [0.2, 0.25) is 5.91 Å². The number of rotatable bonds is 13. The van der Waals surface area contributed by atoms with E-state index in [-0.39, 0.29) is 32.8 Å². The number of benzene rings is 1. The second-order valence-corrected chi connectivity index (χ2v) is 10.0. The number of nitrogens with one attached hydrogen (secondary N) is 2. The Kier molecular flexibility index (Phi) is 13.1. The van der Waals surface area contributed by atoms with E-state index >= 15 is 0 Å². The molecule has 1 aromatic carbocycles. The Bertz CT molecular complexity index is 1020. The van der Waals surface area contributed by atoms with E-state index < -0.39 is 85.9 Å². The van der Waals surface area contributed by atoms with E-state index in [2.05, 4.69) is 5.32 Å². The zero-order valence-corrected chi connectivity index (χ0v) is 23.1. The molecule has 0 radical (unpaired) electrons. The molecule has 0 bridgehead atoms. The fraction of sp³-hybridized carbons (Fsp3) is 0.692. The Hall–Kier alpha value is -2.45. The zero-order chi connectivity index (χ0) is 31.7. The van der Waals surface area contributed by atoms with Crippen molar-refractivity contribution in [2.75, 3.05) is 26.4 Å². The first-order valence-corrected chi connectivity index (χ1v) is 13.5. The standard InChI is InChI=1S/C26H37F3N2O12/c1-13(33)31-17-19(35)22(43-24-21(37)20(36)18(34)15(10-32)41-24)16(12-39-11-14-6-3-2-4-7-14)42-23(17)40-9-5-8-30-25(38)26(27,28)29/h2-4,6-7,15-24,32,34-37H,5,8-12H2,1H3,(H,30,38)(H,31,33)/t15-,16-,17-,18+,19-,20+,21-,22-,23-,24+/m1/s1. The van der Waals surface area contributed by atoms with Crippen LogP contribution in [-0.4, -0.2) is 131 Å². The van der Waals surface area contributed by atoms with Crippen LogP contribution >= 0.6 is 0 Å². The molecule has 1 aromatic rings. The van der Waals surface area contributed by atoms with Gasteiger partial charge in [-0.1, -0.05) is 30.3 Å². The molecule has 43 heavy (non-hydrogen) atoms. The third kappa shape index (κ3) is 9.77. The molecule has 2 amide bonds. The van der Waals surface area contributed by atoms with Crippen LogP contribution in [0.2, 0.25) is 0 Å². The summed E-state index contributed by atoms with van der Waals surface area (Å²) in [6.07, 6.45) is -18.9. The number of amides is 2. The molecule has 0 aromatic heterocycles. The van der Waals surface area contributed by atoms with E-state index in [0.29, 0.717) is 0 Å². The van der Waals surface area contributed by atoms with Gasteiger partial charge < -0.3 is 59.9 Å². The molecule has 0 saturated carbocycles. The Labute approximate surface area is 244 Å². The maximum atomic E-state index is 12.4. The molecule has 2 aliphatic rings. The molecule has 10 atom stereocenters. The topological polar surface area (TPSA) is 206 Å². The molecular weight excluding hydrogens is 589 g/mol. The number of carbonyl (C=O) groups excluding carboxylic acids is 2. The lowest BCUT2D eigenvalue weighted by Gasteiger charge is -2.47. The Balaban J connectivity index is 1.75. The van der Waals surface area contributed by atoms with Crippen LogP contribution in [0, 0.1) is 0 Å². The van der Waals surface area contributed by atoms with Crippen molar-refractivity contribution in [2.24, 2.45) is 0 Å². The molecule has 0 unspecified atom stereocenters. The van der Waals surface area contributed by atoms with Crippen LogP contribution in [0.3, 0.4) is 0 Å². The minimum absolute atomic E-state index is 0.0788. The lowest BCUT2D eigenvalue weighted by atomic mass is 9.95. The van der Waals surface area contributed by atoms with Gasteiger partial charge in [0.25, 0.3) is 0 Å². The third-order valence-electron chi connectivity index (χ3n) is 6.72. The van der Waals surface area contributed by atoms with E-state index in [1.807, 2.05) is 6.07 Å². The maximum Gasteiger partial charge on any atom is 0.471 e.